The highest BCUT2D eigenvalue weighted by Gasteiger charge is 1.92. The smallest absolute Gasteiger partial charge is 0.209 e. The summed E-state index contributed by atoms with van der Waals surface area (Å²) in [4.78, 5) is 10.9. The molecule has 0 radical (unpaired) electrons. The Morgan fingerprint density at radius 1 is 0.759 bits per heavy atom. The van der Waals surface area contributed by atoms with Gasteiger partial charge in [-0.1, -0.05) is 54.6 Å². The number of nitriles is 1. The third-order valence-corrected chi connectivity index (χ3v) is 2.91. The van der Waals surface area contributed by atoms with Crippen LogP contribution in [0.5, 0.6) is 17.2 Å². The molecule has 0 saturated heterocycles. The number of ether oxygens (including phenoxy) is 2. The molecule has 152 valence electrons. The first kappa shape index (κ1) is 25.2. The summed E-state index contributed by atoms with van der Waals surface area (Å²) in [6, 6.07) is 30.9. The van der Waals surface area contributed by atoms with E-state index in [-0.39, 0.29) is 0 Å². The van der Waals surface area contributed by atoms with Crippen LogP contribution in [-0.2, 0) is 4.79 Å². The molecule has 29 heavy (non-hydrogen) atoms. The van der Waals surface area contributed by atoms with Gasteiger partial charge >= 0.3 is 0 Å². The van der Waals surface area contributed by atoms with E-state index in [0.717, 1.165) is 23.7 Å². The van der Waals surface area contributed by atoms with E-state index in [4.69, 9.17) is 14.7 Å². The minimum Gasteiger partial charge on any atom is -0.497 e. The van der Waals surface area contributed by atoms with Gasteiger partial charge in [-0.25, -0.2) is 0 Å². The molecule has 3 rings (SSSR count). The SMILES string of the molecule is CC#N.CN(C)C=O.COc1ccccc1.c1ccc(Oc2ccccc2)cc1. The third-order valence-electron chi connectivity index (χ3n) is 2.91. The molecule has 0 atom stereocenters. The Kier molecular flexibility index (Phi) is 15.3. The van der Waals surface area contributed by atoms with Gasteiger partial charge in [-0.05, 0) is 36.4 Å². The maximum Gasteiger partial charge on any atom is 0.209 e. The number of nitrogens with zero attached hydrogens (tertiary/aromatic N) is 2. The van der Waals surface area contributed by atoms with Gasteiger partial charge in [0, 0.05) is 21.0 Å². The van der Waals surface area contributed by atoms with Crippen molar-refractivity contribution < 1.29 is 14.3 Å². The van der Waals surface area contributed by atoms with Crippen molar-refractivity contribution in [1.29, 1.82) is 5.26 Å². The molecule has 0 aliphatic rings. The molecule has 0 saturated carbocycles. The Morgan fingerprint density at radius 2 is 1.03 bits per heavy atom. The van der Waals surface area contributed by atoms with Gasteiger partial charge in [-0.2, -0.15) is 5.26 Å². The largest absolute Gasteiger partial charge is 0.497 e. The maximum atomic E-state index is 9.43. The maximum absolute atomic E-state index is 9.43. The van der Waals surface area contributed by atoms with Gasteiger partial charge < -0.3 is 14.4 Å². The summed E-state index contributed by atoms with van der Waals surface area (Å²) in [7, 11) is 5.04. The molecular weight excluding hydrogens is 364 g/mol. The molecule has 0 bridgehead atoms. The summed E-state index contributed by atoms with van der Waals surface area (Å²) >= 11 is 0. The summed E-state index contributed by atoms with van der Waals surface area (Å²) in [5.41, 5.74) is 0. The number of hydrogen-bond donors (Lipinski definition) is 0. The lowest BCUT2D eigenvalue weighted by molar-refractivity contribution is -0.115. The van der Waals surface area contributed by atoms with Crippen molar-refractivity contribution in [2.45, 2.75) is 6.92 Å². The van der Waals surface area contributed by atoms with E-state index in [9.17, 15) is 4.79 Å². The van der Waals surface area contributed by atoms with E-state index in [1.54, 1.807) is 27.3 Å². The molecule has 0 fully saturated rings. The van der Waals surface area contributed by atoms with E-state index in [2.05, 4.69) is 0 Å². The lowest BCUT2D eigenvalue weighted by Gasteiger charge is -2.03. The van der Waals surface area contributed by atoms with Crippen LogP contribution in [0.2, 0.25) is 0 Å². The fourth-order valence-electron chi connectivity index (χ4n) is 1.67. The first-order valence-corrected chi connectivity index (χ1v) is 8.86. The molecule has 0 aromatic heterocycles. The van der Waals surface area contributed by atoms with Crippen LogP contribution in [0.15, 0.2) is 91.0 Å². The molecule has 0 aliphatic heterocycles. The van der Waals surface area contributed by atoms with E-state index >= 15 is 0 Å². The van der Waals surface area contributed by atoms with Crippen molar-refractivity contribution in [1.82, 2.24) is 4.90 Å². The summed E-state index contributed by atoms with van der Waals surface area (Å²) < 4.78 is 10.5. The number of carbonyl (C=O) groups excluding carboxylic acids is 1. The predicted molar refractivity (Wildman–Crippen MR) is 117 cm³/mol. The van der Waals surface area contributed by atoms with Crippen LogP contribution < -0.4 is 9.47 Å². The molecule has 0 aliphatic carbocycles. The zero-order chi connectivity index (χ0) is 21.7. The molecule has 0 heterocycles. The van der Waals surface area contributed by atoms with Crippen molar-refractivity contribution in [3.05, 3.63) is 91.0 Å². The van der Waals surface area contributed by atoms with Crippen molar-refractivity contribution >= 4 is 6.41 Å². The van der Waals surface area contributed by atoms with Crippen LogP contribution in [0.1, 0.15) is 6.92 Å². The Labute approximate surface area is 173 Å². The number of carbonyl (C=O) groups is 1. The molecule has 0 N–H and O–H groups in total. The van der Waals surface area contributed by atoms with Crippen molar-refractivity contribution in [3.63, 3.8) is 0 Å². The molecule has 0 spiro atoms. The van der Waals surface area contributed by atoms with E-state index < -0.39 is 0 Å². The van der Waals surface area contributed by atoms with E-state index in [0.29, 0.717) is 0 Å². The molecular formula is C24H28N2O3. The Bertz CT molecular complexity index is 749. The Balaban J connectivity index is 0.000000420. The van der Waals surface area contributed by atoms with Gasteiger partial charge in [0.1, 0.15) is 17.2 Å². The quantitative estimate of drug-likeness (QED) is 0.557. The molecule has 1 amide bonds. The van der Waals surface area contributed by atoms with E-state index in [1.165, 1.54) is 11.8 Å². The summed E-state index contributed by atoms with van der Waals surface area (Å²) in [6.07, 6.45) is 0.750. The second-order valence-electron chi connectivity index (χ2n) is 5.54. The first-order chi connectivity index (χ1) is 14.1. The zero-order valence-corrected chi connectivity index (χ0v) is 17.4. The van der Waals surface area contributed by atoms with Gasteiger partial charge in [-0.3, -0.25) is 4.79 Å². The fraction of sp³-hybridized carbons (Fsp3) is 0.167. The van der Waals surface area contributed by atoms with Gasteiger partial charge in [0.05, 0.1) is 13.2 Å². The number of benzene rings is 3. The molecule has 0 unspecified atom stereocenters. The summed E-state index contributed by atoms with van der Waals surface area (Å²) in [5, 5.41) is 7.32. The number of hydrogen-bond acceptors (Lipinski definition) is 4. The van der Waals surface area contributed by atoms with Crippen molar-refractivity contribution in [3.8, 4) is 23.3 Å². The third kappa shape index (κ3) is 15.0. The van der Waals surface area contributed by atoms with Crippen LogP contribution in [0.25, 0.3) is 0 Å². The second kappa shape index (κ2) is 17.6. The van der Waals surface area contributed by atoms with Gasteiger partial charge in [0.15, 0.2) is 0 Å². The van der Waals surface area contributed by atoms with Crippen LogP contribution in [0, 0.1) is 11.3 Å². The van der Waals surface area contributed by atoms with E-state index in [1.807, 2.05) is 91.0 Å². The summed E-state index contributed by atoms with van der Waals surface area (Å²) in [5.74, 6) is 2.65. The molecule has 3 aromatic rings. The number of amides is 1. The van der Waals surface area contributed by atoms with Gasteiger partial charge in [-0.15, -0.1) is 0 Å². The summed E-state index contributed by atoms with van der Waals surface area (Å²) in [6.45, 7) is 1.43. The van der Waals surface area contributed by atoms with Crippen molar-refractivity contribution in [2.75, 3.05) is 21.2 Å². The average Bonchev–Trinajstić information content (AvgIpc) is 2.77. The number of rotatable bonds is 4. The number of methoxy groups -OCH3 is 1. The van der Waals surface area contributed by atoms with Gasteiger partial charge in [0.2, 0.25) is 6.41 Å². The topological polar surface area (TPSA) is 62.6 Å². The second-order valence-corrected chi connectivity index (χ2v) is 5.54. The van der Waals surface area contributed by atoms with Crippen LogP contribution in [-0.4, -0.2) is 32.5 Å². The fourth-order valence-corrected chi connectivity index (χ4v) is 1.67. The lowest BCUT2D eigenvalue weighted by Crippen LogP contribution is -2.06. The van der Waals surface area contributed by atoms with Crippen LogP contribution in [0.3, 0.4) is 0 Å². The highest BCUT2D eigenvalue weighted by atomic mass is 16.5. The predicted octanol–water partition coefficient (Wildman–Crippen LogP) is 5.41. The molecule has 3 aromatic carbocycles. The average molecular weight is 392 g/mol. The first-order valence-electron chi connectivity index (χ1n) is 8.86. The normalized spacial score (nSPS) is 8.10. The lowest BCUT2D eigenvalue weighted by atomic mass is 10.3. The Hall–Kier alpha value is -3.78. The monoisotopic (exact) mass is 392 g/mol. The minimum absolute atomic E-state index is 0.750. The minimum atomic E-state index is 0.750. The van der Waals surface area contributed by atoms with Crippen LogP contribution in [0.4, 0.5) is 0 Å². The molecule has 5 nitrogen and oxygen atoms in total. The highest BCUT2D eigenvalue weighted by molar-refractivity contribution is 5.45. The standard InChI is InChI=1S/C12H10O.C7H8O.C3H7NO.C2H3N/c1-3-7-11(8-4-1)13-12-9-5-2-6-10-12;1-8-7-5-3-2-4-6-7;1-4(2)3-5;1-2-3/h1-10H;2-6H,1H3;3H,1-2H3;1H3. The van der Waals surface area contributed by atoms with Crippen molar-refractivity contribution in [2.24, 2.45) is 0 Å². The Morgan fingerprint density at radius 3 is 1.24 bits per heavy atom. The number of para-hydroxylation sites is 3. The highest BCUT2D eigenvalue weighted by Crippen LogP contribution is 2.19. The molecule has 5 heteroatoms. The van der Waals surface area contributed by atoms with Crippen LogP contribution >= 0.6 is 0 Å². The zero-order valence-electron chi connectivity index (χ0n) is 17.4. The van der Waals surface area contributed by atoms with Gasteiger partial charge in [0.25, 0.3) is 0 Å².